The Morgan fingerprint density at radius 3 is 1.29 bits per heavy atom. The molecule has 0 N–H and O–H groups in total. The molecule has 0 aromatic heterocycles. The summed E-state index contributed by atoms with van der Waals surface area (Å²) >= 11 is 0. The van der Waals surface area contributed by atoms with E-state index in [9.17, 15) is 0 Å². The van der Waals surface area contributed by atoms with E-state index < -0.39 is 0 Å². The van der Waals surface area contributed by atoms with Gasteiger partial charge in [0.2, 0.25) is 0 Å². The second-order valence-electron chi connectivity index (χ2n) is 5.74. The van der Waals surface area contributed by atoms with Crippen LogP contribution in [0.1, 0.15) is 11.1 Å². The molecule has 0 saturated heterocycles. The summed E-state index contributed by atoms with van der Waals surface area (Å²) < 4.78 is 0. The molecule has 0 aliphatic rings. The fourth-order valence-corrected chi connectivity index (χ4v) is 2.91. The maximum Gasteiger partial charge on any atom is 0.197 e. The molecule has 0 radical (unpaired) electrons. The monoisotopic (exact) mass is 308 g/mol. The summed E-state index contributed by atoms with van der Waals surface area (Å²) in [7, 11) is 0. The fourth-order valence-electron chi connectivity index (χ4n) is 2.91. The lowest BCUT2D eigenvalue weighted by atomic mass is 9.96. The molecule has 0 amide bonds. The van der Waals surface area contributed by atoms with Crippen LogP contribution in [0.25, 0.3) is 31.9 Å². The van der Waals surface area contributed by atoms with Gasteiger partial charge in [-0.1, -0.05) is 60.7 Å². The van der Waals surface area contributed by atoms with Crippen molar-refractivity contribution in [3.63, 3.8) is 0 Å². The molecule has 3 aromatic carbocycles. The van der Waals surface area contributed by atoms with Gasteiger partial charge in [0.25, 0.3) is 0 Å². The van der Waals surface area contributed by atoms with Crippen molar-refractivity contribution in [2.45, 2.75) is 13.8 Å². The predicted molar refractivity (Wildman–Crippen MR) is 99.3 cm³/mol. The van der Waals surface area contributed by atoms with Crippen LogP contribution in [0, 0.1) is 27.0 Å². The quantitative estimate of drug-likeness (QED) is 0.463. The normalized spacial score (nSPS) is 10.0. The first kappa shape index (κ1) is 15.5. The summed E-state index contributed by atoms with van der Waals surface area (Å²) in [6.07, 6.45) is 0. The van der Waals surface area contributed by atoms with Crippen molar-refractivity contribution in [1.82, 2.24) is 0 Å². The molecule has 0 heterocycles. The van der Waals surface area contributed by atoms with Crippen LogP contribution in [0.15, 0.2) is 60.7 Å². The van der Waals surface area contributed by atoms with Gasteiger partial charge in [-0.05, 0) is 47.2 Å². The van der Waals surface area contributed by atoms with Crippen LogP contribution in [-0.4, -0.2) is 0 Å². The fraction of sp³-hybridized carbons (Fsp3) is 0.0909. The molecule has 0 spiro atoms. The number of hydrogen-bond acceptors (Lipinski definition) is 0. The Kier molecular flexibility index (Phi) is 4.15. The Hall–Kier alpha value is -3.36. The van der Waals surface area contributed by atoms with Gasteiger partial charge in [-0.2, -0.15) is 0 Å². The molecule has 0 bridgehead atoms. The van der Waals surface area contributed by atoms with Crippen molar-refractivity contribution in [3.05, 3.63) is 94.6 Å². The smallest absolute Gasteiger partial charge is 0.197 e. The van der Waals surface area contributed by atoms with E-state index >= 15 is 0 Å². The van der Waals surface area contributed by atoms with Crippen LogP contribution in [-0.2, 0) is 0 Å². The minimum Gasteiger partial charge on any atom is -0.237 e. The van der Waals surface area contributed by atoms with Crippen LogP contribution < -0.4 is 0 Å². The van der Waals surface area contributed by atoms with Crippen molar-refractivity contribution < 1.29 is 0 Å². The topological polar surface area (TPSA) is 8.72 Å². The summed E-state index contributed by atoms with van der Waals surface area (Å²) in [4.78, 5) is 7.35. The molecule has 0 aliphatic heterocycles. The zero-order valence-corrected chi connectivity index (χ0v) is 13.7. The maximum atomic E-state index is 7.42. The predicted octanol–water partition coefficient (Wildman–Crippen LogP) is 6.74. The molecular formula is C22H16N2. The molecule has 0 atom stereocenters. The molecule has 0 unspecified atom stereocenters. The van der Waals surface area contributed by atoms with Gasteiger partial charge in [-0.3, -0.25) is 0 Å². The number of benzene rings is 3. The van der Waals surface area contributed by atoms with Gasteiger partial charge in [0.05, 0.1) is 13.1 Å². The SMILES string of the molecule is [C-]#[N+]c1c(C)cccc1-c1ccc(-c2cccc(C)c2[N+]#[C-])cc1. The third-order valence-corrected chi connectivity index (χ3v) is 4.21. The molecule has 24 heavy (non-hydrogen) atoms. The molecule has 3 aromatic rings. The van der Waals surface area contributed by atoms with E-state index in [0.29, 0.717) is 11.4 Å². The molecule has 2 nitrogen and oxygen atoms in total. The highest BCUT2D eigenvalue weighted by Crippen LogP contribution is 2.37. The Labute approximate surface area is 142 Å². The van der Waals surface area contributed by atoms with Gasteiger partial charge in [-0.15, -0.1) is 0 Å². The number of nitrogens with zero attached hydrogens (tertiary/aromatic N) is 2. The largest absolute Gasteiger partial charge is 0.237 e. The van der Waals surface area contributed by atoms with E-state index in [2.05, 4.69) is 9.69 Å². The zero-order chi connectivity index (χ0) is 17.1. The second-order valence-corrected chi connectivity index (χ2v) is 5.74. The lowest BCUT2D eigenvalue weighted by Crippen LogP contribution is -1.84. The second kappa shape index (κ2) is 6.41. The standard InChI is InChI=1S/C22H16N2/c1-15-7-5-9-19(21(15)23-3)17-11-13-18(14-12-17)20-10-6-8-16(2)22(20)24-4/h5-14H,1-2H3. The summed E-state index contributed by atoms with van der Waals surface area (Å²) in [5, 5.41) is 0. The first-order valence-corrected chi connectivity index (χ1v) is 7.70. The highest BCUT2D eigenvalue weighted by Gasteiger charge is 2.10. The Balaban J connectivity index is 2.08. The van der Waals surface area contributed by atoms with E-state index in [1.807, 2.05) is 74.5 Å². The van der Waals surface area contributed by atoms with Crippen LogP contribution >= 0.6 is 0 Å². The van der Waals surface area contributed by atoms with Crippen LogP contribution in [0.3, 0.4) is 0 Å². The third kappa shape index (κ3) is 2.67. The number of rotatable bonds is 2. The van der Waals surface area contributed by atoms with E-state index in [4.69, 9.17) is 13.1 Å². The first-order valence-electron chi connectivity index (χ1n) is 7.70. The average Bonchev–Trinajstić information content (AvgIpc) is 2.61. The van der Waals surface area contributed by atoms with Gasteiger partial charge < -0.3 is 0 Å². The van der Waals surface area contributed by atoms with E-state index in [0.717, 1.165) is 33.4 Å². The Bertz CT molecular complexity index is 901. The van der Waals surface area contributed by atoms with Gasteiger partial charge >= 0.3 is 0 Å². The molecule has 3 rings (SSSR count). The Morgan fingerprint density at radius 2 is 0.958 bits per heavy atom. The molecule has 114 valence electrons. The lowest BCUT2D eigenvalue weighted by molar-refractivity contribution is 1.47. The minimum atomic E-state index is 0.697. The molecule has 0 saturated carbocycles. The highest BCUT2D eigenvalue weighted by molar-refractivity contribution is 5.84. The van der Waals surface area contributed by atoms with Crippen LogP contribution in [0.4, 0.5) is 11.4 Å². The lowest BCUT2D eigenvalue weighted by Gasteiger charge is -2.10. The summed E-state index contributed by atoms with van der Waals surface area (Å²) in [5.41, 5.74) is 7.31. The number of hydrogen-bond donors (Lipinski definition) is 0. The summed E-state index contributed by atoms with van der Waals surface area (Å²) in [6.45, 7) is 18.8. The molecular weight excluding hydrogens is 292 g/mol. The van der Waals surface area contributed by atoms with Gasteiger partial charge in [0, 0.05) is 0 Å². The van der Waals surface area contributed by atoms with Crippen molar-refractivity contribution >= 4 is 11.4 Å². The number of para-hydroxylation sites is 2. The highest BCUT2D eigenvalue weighted by atomic mass is 14.7. The van der Waals surface area contributed by atoms with Crippen LogP contribution in [0.2, 0.25) is 0 Å². The van der Waals surface area contributed by atoms with Crippen molar-refractivity contribution in [3.8, 4) is 22.3 Å². The average molecular weight is 308 g/mol. The van der Waals surface area contributed by atoms with Crippen molar-refractivity contribution in [2.24, 2.45) is 0 Å². The Morgan fingerprint density at radius 1 is 0.583 bits per heavy atom. The van der Waals surface area contributed by atoms with E-state index in [1.54, 1.807) is 0 Å². The summed E-state index contributed by atoms with van der Waals surface area (Å²) in [6, 6.07) is 19.9. The third-order valence-electron chi connectivity index (χ3n) is 4.21. The minimum absolute atomic E-state index is 0.697. The first-order chi connectivity index (χ1) is 11.7. The van der Waals surface area contributed by atoms with E-state index in [1.165, 1.54) is 0 Å². The molecule has 0 aliphatic carbocycles. The molecule has 0 fully saturated rings. The van der Waals surface area contributed by atoms with Crippen molar-refractivity contribution in [1.29, 1.82) is 0 Å². The number of aryl methyl sites for hydroxylation is 2. The molecule has 2 heteroatoms. The summed E-state index contributed by atoms with van der Waals surface area (Å²) in [5.74, 6) is 0. The zero-order valence-electron chi connectivity index (χ0n) is 13.7. The van der Waals surface area contributed by atoms with E-state index in [-0.39, 0.29) is 0 Å². The van der Waals surface area contributed by atoms with Gasteiger partial charge in [-0.25, -0.2) is 9.69 Å². The van der Waals surface area contributed by atoms with Gasteiger partial charge in [0.1, 0.15) is 0 Å². The maximum absolute atomic E-state index is 7.42. The van der Waals surface area contributed by atoms with Crippen molar-refractivity contribution in [2.75, 3.05) is 0 Å². The van der Waals surface area contributed by atoms with Crippen LogP contribution in [0.5, 0.6) is 0 Å². The van der Waals surface area contributed by atoms with Gasteiger partial charge in [0.15, 0.2) is 11.4 Å².